The lowest BCUT2D eigenvalue weighted by Gasteiger charge is -2.28. The van der Waals surface area contributed by atoms with Gasteiger partial charge in [-0.3, -0.25) is 9.59 Å². The van der Waals surface area contributed by atoms with Crippen molar-refractivity contribution >= 4 is 17.4 Å². The van der Waals surface area contributed by atoms with Gasteiger partial charge in [0.2, 0.25) is 0 Å². The third kappa shape index (κ3) is 4.26. The monoisotopic (exact) mass is 414 g/mol. The first-order valence-corrected chi connectivity index (χ1v) is 9.89. The van der Waals surface area contributed by atoms with E-state index in [-0.39, 0.29) is 23.4 Å². The molecule has 1 atom stereocenters. The highest BCUT2D eigenvalue weighted by Gasteiger charge is 2.45. The SMILES string of the molecule is CCN(CC)CCN1C(=O)C(=O)/C(=C(/O)c2ccc(F)cc2)C1c1ccc(F)cc1. The Labute approximate surface area is 174 Å². The molecule has 1 fully saturated rings. The van der Waals surface area contributed by atoms with Crippen molar-refractivity contribution in [1.82, 2.24) is 9.80 Å². The second-order valence-electron chi connectivity index (χ2n) is 7.08. The Balaban J connectivity index is 2.08. The van der Waals surface area contributed by atoms with Crippen LogP contribution in [0.3, 0.4) is 0 Å². The van der Waals surface area contributed by atoms with E-state index in [2.05, 4.69) is 4.90 Å². The van der Waals surface area contributed by atoms with Crippen LogP contribution in [0.5, 0.6) is 0 Å². The van der Waals surface area contributed by atoms with Crippen molar-refractivity contribution in [3.05, 3.63) is 76.9 Å². The summed E-state index contributed by atoms with van der Waals surface area (Å²) in [5.74, 6) is -2.85. The van der Waals surface area contributed by atoms with Crippen LogP contribution in [-0.2, 0) is 9.59 Å². The van der Waals surface area contributed by atoms with Gasteiger partial charge in [0.05, 0.1) is 11.6 Å². The summed E-state index contributed by atoms with van der Waals surface area (Å²) in [6.45, 7) is 6.41. The van der Waals surface area contributed by atoms with Gasteiger partial charge in [0.25, 0.3) is 11.7 Å². The molecular weight excluding hydrogens is 390 g/mol. The van der Waals surface area contributed by atoms with Crippen molar-refractivity contribution < 1.29 is 23.5 Å². The van der Waals surface area contributed by atoms with Gasteiger partial charge in [-0.1, -0.05) is 26.0 Å². The smallest absolute Gasteiger partial charge is 0.295 e. The first kappa shape index (κ1) is 21.6. The van der Waals surface area contributed by atoms with E-state index in [1.54, 1.807) is 0 Å². The molecule has 5 nitrogen and oxygen atoms in total. The number of likely N-dealkylation sites (N-methyl/N-ethyl adjacent to an activating group) is 1. The molecule has 30 heavy (non-hydrogen) atoms. The molecule has 1 amide bonds. The van der Waals surface area contributed by atoms with Crippen molar-refractivity contribution in [2.45, 2.75) is 19.9 Å². The number of hydrogen-bond donors (Lipinski definition) is 1. The molecule has 1 unspecified atom stereocenters. The number of likely N-dealkylation sites (tertiary alicyclic amines) is 1. The van der Waals surface area contributed by atoms with Crippen LogP contribution in [-0.4, -0.2) is 52.8 Å². The average molecular weight is 414 g/mol. The molecule has 7 heteroatoms. The van der Waals surface area contributed by atoms with Gasteiger partial charge >= 0.3 is 0 Å². The van der Waals surface area contributed by atoms with Crippen molar-refractivity contribution in [2.75, 3.05) is 26.2 Å². The number of Topliss-reactive ketones (excluding diaryl/α,β-unsaturated/α-hetero) is 1. The first-order valence-electron chi connectivity index (χ1n) is 9.89. The Hall–Kier alpha value is -3.06. The fourth-order valence-electron chi connectivity index (χ4n) is 3.65. The van der Waals surface area contributed by atoms with E-state index in [9.17, 15) is 23.5 Å². The molecule has 0 aromatic heterocycles. The number of carbonyl (C=O) groups is 2. The maximum Gasteiger partial charge on any atom is 0.295 e. The highest BCUT2D eigenvalue weighted by Crippen LogP contribution is 2.39. The van der Waals surface area contributed by atoms with Crippen LogP contribution in [0.15, 0.2) is 54.1 Å². The largest absolute Gasteiger partial charge is 0.507 e. The third-order valence-corrected chi connectivity index (χ3v) is 5.39. The molecule has 3 rings (SSSR count). The molecule has 2 aromatic rings. The number of carbonyl (C=O) groups excluding carboxylic acids is 2. The van der Waals surface area contributed by atoms with Crippen LogP contribution in [0.2, 0.25) is 0 Å². The van der Waals surface area contributed by atoms with Crippen LogP contribution >= 0.6 is 0 Å². The van der Waals surface area contributed by atoms with Gasteiger partial charge in [-0.2, -0.15) is 0 Å². The number of amides is 1. The van der Waals surface area contributed by atoms with Gasteiger partial charge in [-0.25, -0.2) is 8.78 Å². The number of hydrogen-bond acceptors (Lipinski definition) is 4. The maximum atomic E-state index is 13.5. The molecular formula is C23H24F2N2O3. The molecule has 1 aliphatic heterocycles. The van der Waals surface area contributed by atoms with E-state index >= 15 is 0 Å². The standard InChI is InChI=1S/C23H24F2N2O3/c1-3-26(4-2)13-14-27-20(15-5-9-17(24)10-6-15)19(22(29)23(27)30)21(28)16-7-11-18(25)12-8-16/h5-12,20,28H,3-4,13-14H2,1-2H3/b21-19+. The van der Waals surface area contributed by atoms with Gasteiger partial charge in [0, 0.05) is 18.7 Å². The van der Waals surface area contributed by atoms with Crippen LogP contribution in [0.25, 0.3) is 5.76 Å². The third-order valence-electron chi connectivity index (χ3n) is 5.39. The van der Waals surface area contributed by atoms with Gasteiger partial charge in [-0.05, 0) is 55.1 Å². The highest BCUT2D eigenvalue weighted by molar-refractivity contribution is 6.46. The molecule has 1 saturated heterocycles. The van der Waals surface area contributed by atoms with Crippen LogP contribution in [0.4, 0.5) is 8.78 Å². The van der Waals surface area contributed by atoms with Gasteiger partial charge < -0.3 is 14.9 Å². The van der Waals surface area contributed by atoms with E-state index in [0.717, 1.165) is 13.1 Å². The zero-order valence-corrected chi connectivity index (χ0v) is 16.9. The Kier molecular flexibility index (Phi) is 6.62. The zero-order valence-electron chi connectivity index (χ0n) is 16.9. The van der Waals surface area contributed by atoms with Crippen LogP contribution in [0.1, 0.15) is 31.0 Å². The fourth-order valence-corrected chi connectivity index (χ4v) is 3.65. The number of halogens is 2. The van der Waals surface area contributed by atoms with Crippen LogP contribution in [0, 0.1) is 11.6 Å². The maximum absolute atomic E-state index is 13.5. The molecule has 0 aliphatic carbocycles. The summed E-state index contributed by atoms with van der Waals surface area (Å²) < 4.78 is 26.8. The molecule has 0 bridgehead atoms. The van der Waals surface area contributed by atoms with Gasteiger partial charge in [0.15, 0.2) is 0 Å². The molecule has 0 radical (unpaired) electrons. The average Bonchev–Trinajstić information content (AvgIpc) is 3.00. The van der Waals surface area contributed by atoms with Crippen molar-refractivity contribution in [2.24, 2.45) is 0 Å². The normalized spacial score (nSPS) is 18.4. The number of ketones is 1. The van der Waals surface area contributed by atoms with E-state index in [1.165, 1.54) is 53.4 Å². The zero-order chi connectivity index (χ0) is 21.8. The lowest BCUT2D eigenvalue weighted by Crippen LogP contribution is -2.38. The molecule has 2 aromatic carbocycles. The van der Waals surface area contributed by atoms with Crippen molar-refractivity contribution in [3.8, 4) is 0 Å². The Morgan fingerprint density at radius 3 is 2.03 bits per heavy atom. The molecule has 1 heterocycles. The second kappa shape index (κ2) is 9.17. The predicted molar refractivity (Wildman–Crippen MR) is 110 cm³/mol. The fraction of sp³-hybridized carbons (Fsp3) is 0.304. The number of rotatable bonds is 7. The summed E-state index contributed by atoms with van der Waals surface area (Å²) in [6.07, 6.45) is 0. The predicted octanol–water partition coefficient (Wildman–Crippen LogP) is 3.73. The molecule has 1 N–H and O–H groups in total. The lowest BCUT2D eigenvalue weighted by molar-refractivity contribution is -0.140. The minimum Gasteiger partial charge on any atom is -0.507 e. The highest BCUT2D eigenvalue weighted by atomic mass is 19.1. The Morgan fingerprint density at radius 1 is 0.967 bits per heavy atom. The van der Waals surface area contributed by atoms with E-state index < -0.39 is 29.4 Å². The number of aliphatic hydroxyl groups excluding tert-OH is 1. The van der Waals surface area contributed by atoms with E-state index in [1.807, 2.05) is 13.8 Å². The summed E-state index contributed by atoms with van der Waals surface area (Å²) in [7, 11) is 0. The molecule has 0 saturated carbocycles. The Bertz CT molecular complexity index is 951. The number of aliphatic hydroxyl groups is 1. The summed E-state index contributed by atoms with van der Waals surface area (Å²) in [5.41, 5.74) is 0.654. The van der Waals surface area contributed by atoms with Gasteiger partial charge in [0.1, 0.15) is 17.4 Å². The quantitative estimate of drug-likeness (QED) is 0.426. The van der Waals surface area contributed by atoms with Crippen molar-refractivity contribution in [1.29, 1.82) is 0 Å². The number of nitrogens with zero attached hydrogens (tertiary/aromatic N) is 2. The Morgan fingerprint density at radius 2 is 1.50 bits per heavy atom. The van der Waals surface area contributed by atoms with Gasteiger partial charge in [-0.15, -0.1) is 0 Å². The topological polar surface area (TPSA) is 60.9 Å². The molecule has 1 aliphatic rings. The van der Waals surface area contributed by atoms with Crippen molar-refractivity contribution in [3.63, 3.8) is 0 Å². The lowest BCUT2D eigenvalue weighted by atomic mass is 9.95. The summed E-state index contributed by atoms with van der Waals surface area (Å²) in [6, 6.07) is 9.64. The van der Waals surface area contributed by atoms with E-state index in [4.69, 9.17) is 0 Å². The first-order chi connectivity index (χ1) is 14.4. The molecule has 158 valence electrons. The minimum atomic E-state index is -0.855. The summed E-state index contributed by atoms with van der Waals surface area (Å²) >= 11 is 0. The van der Waals surface area contributed by atoms with Crippen LogP contribution < -0.4 is 0 Å². The summed E-state index contributed by atoms with van der Waals surface area (Å²) in [4.78, 5) is 29.2. The second-order valence-corrected chi connectivity index (χ2v) is 7.08. The minimum absolute atomic E-state index is 0.0854. The van der Waals surface area contributed by atoms with E-state index in [0.29, 0.717) is 12.1 Å². The summed E-state index contributed by atoms with van der Waals surface area (Å²) in [5, 5.41) is 10.8. The molecule has 0 spiro atoms. The number of benzene rings is 2.